The molecule has 4 rings (SSSR count). The van der Waals surface area contributed by atoms with Gasteiger partial charge in [-0.2, -0.15) is 0 Å². The Balaban J connectivity index is 1.60. The average Bonchev–Trinajstić information content (AvgIpc) is 3.01. The molecule has 5 unspecified atom stereocenters. The molecule has 0 saturated carbocycles. The number of carbonyl (C=O) groups excluding carboxylic acids is 2. The number of benzene rings is 1. The molecule has 7 nitrogen and oxygen atoms in total. The third-order valence-corrected chi connectivity index (χ3v) is 21.8. The highest BCUT2D eigenvalue weighted by Crippen LogP contribution is 2.47. The highest BCUT2D eigenvalue weighted by Gasteiger charge is 2.47. The lowest BCUT2D eigenvalue weighted by Crippen LogP contribution is -2.49. The van der Waals surface area contributed by atoms with Crippen molar-refractivity contribution in [3.63, 3.8) is 0 Å². The standard InChI is InChI=1S/C44H72O7Si2/c1-16-36(48-37-20-18-17-19-35(37)42(3,4)5)41(46)49-38-27-32(50-52(12,13)43(6,7)8)25-30-22-21-29(2)34(40(30)38)24-23-31-26-33(28-39(45)47-31)51-53(14,15)44(9,10)11/h17-22,25,29,31-34,36,38,40H,16,23-24,26-28H2,1-15H3/t29?,31-,32?,33-,34?,36+,38?,40?/m1/s1. The van der Waals surface area contributed by atoms with Crippen LogP contribution < -0.4 is 4.74 Å². The molecule has 0 amide bonds. The van der Waals surface area contributed by atoms with E-state index in [1.807, 2.05) is 25.1 Å². The van der Waals surface area contributed by atoms with Gasteiger partial charge in [0.15, 0.2) is 22.7 Å². The molecule has 2 aliphatic carbocycles. The summed E-state index contributed by atoms with van der Waals surface area (Å²) in [7, 11) is -4.17. The van der Waals surface area contributed by atoms with E-state index in [1.54, 1.807) is 0 Å². The quantitative estimate of drug-likeness (QED) is 0.155. The summed E-state index contributed by atoms with van der Waals surface area (Å²) in [5.41, 5.74) is 2.09. The molecular weight excluding hydrogens is 697 g/mol. The second kappa shape index (κ2) is 16.5. The van der Waals surface area contributed by atoms with Crippen molar-refractivity contribution in [1.29, 1.82) is 0 Å². The van der Waals surface area contributed by atoms with Crippen molar-refractivity contribution in [1.82, 2.24) is 0 Å². The first kappa shape index (κ1) is 43.5. The first-order valence-electron chi connectivity index (χ1n) is 20.2. The first-order valence-corrected chi connectivity index (χ1v) is 26.1. The smallest absolute Gasteiger partial charge is 0.347 e. The number of cyclic esters (lactones) is 1. The molecule has 9 heteroatoms. The number of carbonyl (C=O) groups is 2. The summed E-state index contributed by atoms with van der Waals surface area (Å²) in [6.07, 6.45) is 8.92. The van der Waals surface area contributed by atoms with Crippen LogP contribution in [0, 0.1) is 17.8 Å². The summed E-state index contributed by atoms with van der Waals surface area (Å²) >= 11 is 0. The largest absolute Gasteiger partial charge is 0.478 e. The molecule has 0 N–H and O–H groups in total. The molecule has 1 aliphatic heterocycles. The Labute approximate surface area is 324 Å². The second-order valence-corrected chi connectivity index (χ2v) is 29.6. The molecule has 0 aromatic heterocycles. The van der Waals surface area contributed by atoms with E-state index >= 15 is 0 Å². The minimum atomic E-state index is -2.12. The molecule has 0 spiro atoms. The lowest BCUT2D eigenvalue weighted by molar-refractivity contribution is -0.164. The average molecular weight is 769 g/mol. The van der Waals surface area contributed by atoms with Gasteiger partial charge in [-0.1, -0.05) is 113 Å². The van der Waals surface area contributed by atoms with Crippen LogP contribution >= 0.6 is 0 Å². The van der Waals surface area contributed by atoms with Crippen LogP contribution in [0.3, 0.4) is 0 Å². The maximum atomic E-state index is 14.2. The zero-order valence-electron chi connectivity index (χ0n) is 35.8. The Kier molecular flexibility index (Phi) is 13.5. The van der Waals surface area contributed by atoms with E-state index in [1.165, 1.54) is 5.57 Å². The van der Waals surface area contributed by atoms with E-state index in [9.17, 15) is 9.59 Å². The Morgan fingerprint density at radius 1 is 0.906 bits per heavy atom. The third-order valence-electron chi connectivity index (χ3n) is 12.8. The van der Waals surface area contributed by atoms with Crippen LogP contribution in [0.15, 0.2) is 48.1 Å². The molecule has 1 saturated heterocycles. The molecule has 53 heavy (non-hydrogen) atoms. The van der Waals surface area contributed by atoms with Gasteiger partial charge in [-0.25, -0.2) is 4.79 Å². The van der Waals surface area contributed by atoms with Crippen LogP contribution in [-0.2, 0) is 33.3 Å². The predicted octanol–water partition coefficient (Wildman–Crippen LogP) is 11.1. The summed E-state index contributed by atoms with van der Waals surface area (Å²) in [6.45, 7) is 33.2. The van der Waals surface area contributed by atoms with E-state index in [0.29, 0.717) is 19.3 Å². The molecule has 0 radical (unpaired) electrons. The van der Waals surface area contributed by atoms with Gasteiger partial charge < -0.3 is 23.1 Å². The lowest BCUT2D eigenvalue weighted by Gasteiger charge is -2.46. The van der Waals surface area contributed by atoms with Crippen LogP contribution in [0.25, 0.3) is 0 Å². The first-order chi connectivity index (χ1) is 24.3. The van der Waals surface area contributed by atoms with Gasteiger partial charge in [-0.3, -0.25) is 4.79 Å². The monoisotopic (exact) mass is 768 g/mol. The maximum absolute atomic E-state index is 14.2. The van der Waals surface area contributed by atoms with Crippen molar-refractivity contribution in [2.75, 3.05) is 0 Å². The number of hydrogen-bond acceptors (Lipinski definition) is 7. The van der Waals surface area contributed by atoms with E-state index in [-0.39, 0.29) is 69.6 Å². The van der Waals surface area contributed by atoms with E-state index < -0.39 is 22.7 Å². The number of hydrogen-bond donors (Lipinski definition) is 0. The minimum Gasteiger partial charge on any atom is -0.478 e. The van der Waals surface area contributed by atoms with Gasteiger partial charge in [0.1, 0.15) is 18.0 Å². The summed E-state index contributed by atoms with van der Waals surface area (Å²) in [6, 6.07) is 7.99. The van der Waals surface area contributed by atoms with Gasteiger partial charge in [0.2, 0.25) is 0 Å². The molecule has 3 aliphatic rings. The van der Waals surface area contributed by atoms with Gasteiger partial charge in [-0.05, 0) is 90.0 Å². The third kappa shape index (κ3) is 10.8. The topological polar surface area (TPSA) is 80.3 Å². The molecular formula is C44H72O7Si2. The summed E-state index contributed by atoms with van der Waals surface area (Å²) in [4.78, 5) is 27.1. The van der Waals surface area contributed by atoms with Crippen molar-refractivity contribution in [3.8, 4) is 5.75 Å². The summed E-state index contributed by atoms with van der Waals surface area (Å²) < 4.78 is 32.8. The molecule has 1 aromatic carbocycles. The lowest BCUT2D eigenvalue weighted by atomic mass is 9.66. The fourth-order valence-electron chi connectivity index (χ4n) is 7.56. The molecule has 8 atom stereocenters. The van der Waals surface area contributed by atoms with Crippen molar-refractivity contribution in [2.24, 2.45) is 17.8 Å². The fraction of sp³-hybridized carbons (Fsp3) is 0.727. The van der Waals surface area contributed by atoms with Gasteiger partial charge in [0.25, 0.3) is 0 Å². The van der Waals surface area contributed by atoms with E-state index in [0.717, 1.165) is 30.6 Å². The van der Waals surface area contributed by atoms with Gasteiger partial charge >= 0.3 is 11.9 Å². The molecule has 298 valence electrons. The van der Waals surface area contributed by atoms with E-state index in [2.05, 4.69) is 120 Å². The van der Waals surface area contributed by atoms with Crippen LogP contribution in [0.2, 0.25) is 36.3 Å². The zero-order chi connectivity index (χ0) is 39.7. The second-order valence-electron chi connectivity index (χ2n) is 20.1. The van der Waals surface area contributed by atoms with Crippen LogP contribution in [0.5, 0.6) is 5.75 Å². The highest BCUT2D eigenvalue weighted by molar-refractivity contribution is 6.74. The number of fused-ring (bicyclic) bond motifs is 1. The SMILES string of the molecule is CC[C@H](Oc1ccccc1C(C)(C)C)C(=O)OC1CC(O[Si](C)(C)C(C)(C)C)C=C2C=CC(C)C(CC[C@@H]3C[C@@H](O[Si](C)(C)C(C)(C)C)CC(=O)O3)C21. The fourth-order valence-corrected chi connectivity index (χ4v) is 10.2. The number of rotatable bonds is 12. The molecule has 1 aromatic rings. The van der Waals surface area contributed by atoms with Crippen molar-refractivity contribution in [3.05, 3.63) is 53.6 Å². The van der Waals surface area contributed by atoms with Gasteiger partial charge in [-0.15, -0.1) is 0 Å². The molecule has 1 heterocycles. The van der Waals surface area contributed by atoms with Crippen molar-refractivity contribution < 1.29 is 32.7 Å². The van der Waals surface area contributed by atoms with E-state index in [4.69, 9.17) is 23.1 Å². The number of para-hydroxylation sites is 1. The summed E-state index contributed by atoms with van der Waals surface area (Å²) in [5, 5.41) is 0.104. The van der Waals surface area contributed by atoms with Crippen molar-refractivity contribution >= 4 is 28.6 Å². The molecule has 1 fully saturated rings. The Morgan fingerprint density at radius 2 is 1.53 bits per heavy atom. The van der Waals surface area contributed by atoms with Gasteiger partial charge in [0, 0.05) is 18.8 Å². The number of allylic oxidation sites excluding steroid dienone is 2. The van der Waals surface area contributed by atoms with Crippen LogP contribution in [-0.4, -0.2) is 59.1 Å². The van der Waals surface area contributed by atoms with Gasteiger partial charge in [0.05, 0.1) is 18.6 Å². The number of esters is 2. The van der Waals surface area contributed by atoms with Crippen LogP contribution in [0.4, 0.5) is 0 Å². The Hall–Kier alpha value is -2.21. The number of ether oxygens (including phenoxy) is 3. The van der Waals surface area contributed by atoms with Crippen molar-refractivity contribution in [2.45, 2.75) is 187 Å². The zero-order valence-corrected chi connectivity index (χ0v) is 37.8. The van der Waals surface area contributed by atoms with Crippen LogP contribution in [0.1, 0.15) is 120 Å². The normalized spacial score (nSPS) is 27.7. The minimum absolute atomic E-state index is 0.00356. The molecule has 0 bridgehead atoms. The summed E-state index contributed by atoms with van der Waals surface area (Å²) in [5.74, 6) is 0.665. The Morgan fingerprint density at radius 3 is 2.13 bits per heavy atom. The highest BCUT2D eigenvalue weighted by atomic mass is 28.4. The predicted molar refractivity (Wildman–Crippen MR) is 220 cm³/mol. The Bertz CT molecular complexity index is 1490. The maximum Gasteiger partial charge on any atom is 0.347 e.